The molecule has 1 heterocycles. The molecule has 0 bridgehead atoms. The quantitative estimate of drug-likeness (QED) is 0.793. The first-order valence-corrected chi connectivity index (χ1v) is 5.46. The van der Waals surface area contributed by atoms with E-state index in [0.29, 0.717) is 6.61 Å². The molecule has 0 N–H and O–H groups in total. The van der Waals surface area contributed by atoms with E-state index >= 15 is 0 Å². The summed E-state index contributed by atoms with van der Waals surface area (Å²) in [4.78, 5) is 0. The topological polar surface area (TPSA) is 31.0 Å². The third-order valence-corrected chi connectivity index (χ3v) is 3.03. The van der Waals surface area contributed by atoms with Crippen LogP contribution in [-0.2, 0) is 10.3 Å². The summed E-state index contributed by atoms with van der Waals surface area (Å²) in [5.74, 6) is 1.59. The maximum atomic E-state index is 5.43. The van der Waals surface area contributed by atoms with Gasteiger partial charge in [0.05, 0.1) is 26.4 Å². The van der Waals surface area contributed by atoms with E-state index in [1.807, 2.05) is 19.1 Å². The number of benzene rings is 1. The van der Waals surface area contributed by atoms with Crippen LogP contribution in [0.25, 0.3) is 0 Å². The molecule has 2 rings (SSSR count). The first-order valence-electron chi connectivity index (χ1n) is 4.66. The maximum Gasteiger partial charge on any atom is 0.129 e. The second-order valence-electron chi connectivity index (χ2n) is 3.70. The van der Waals surface area contributed by atoms with Crippen LogP contribution in [0.4, 0.5) is 0 Å². The lowest BCUT2D eigenvalue weighted by Gasteiger charge is -2.16. The summed E-state index contributed by atoms with van der Waals surface area (Å²) in [6.07, 6.45) is 0. The van der Waals surface area contributed by atoms with Crippen molar-refractivity contribution in [3.8, 4) is 11.5 Å². The second-order valence-corrected chi connectivity index (χ2v) is 4.62. The van der Waals surface area contributed by atoms with Crippen LogP contribution >= 0.6 is 15.9 Å². The van der Waals surface area contributed by atoms with E-state index in [1.54, 1.807) is 14.2 Å². The smallest absolute Gasteiger partial charge is 0.129 e. The zero-order chi connectivity index (χ0) is 11.1. The van der Waals surface area contributed by atoms with Crippen LogP contribution in [0.2, 0.25) is 0 Å². The van der Waals surface area contributed by atoms with Gasteiger partial charge in [-0.1, -0.05) is 15.9 Å². The molecule has 1 fully saturated rings. The van der Waals surface area contributed by atoms with Crippen LogP contribution < -0.4 is 9.47 Å². The standard InChI is InChI=1S/C11H13BrO3/c1-11(6-15-11)10-8(13-2)4-7(12)5-9(10)14-3/h4-5H,6H2,1-3H3. The van der Waals surface area contributed by atoms with Crippen LogP contribution in [0, 0.1) is 0 Å². The fraction of sp³-hybridized carbons (Fsp3) is 0.455. The summed E-state index contributed by atoms with van der Waals surface area (Å²) in [7, 11) is 3.30. The molecule has 3 nitrogen and oxygen atoms in total. The SMILES string of the molecule is COc1cc(Br)cc(OC)c1C1(C)CO1. The molecule has 0 saturated carbocycles. The van der Waals surface area contributed by atoms with Gasteiger partial charge in [-0.05, 0) is 19.1 Å². The highest BCUT2D eigenvalue weighted by Crippen LogP contribution is 2.48. The van der Waals surface area contributed by atoms with Crippen LogP contribution in [0.1, 0.15) is 12.5 Å². The van der Waals surface area contributed by atoms with E-state index in [-0.39, 0.29) is 5.60 Å². The zero-order valence-corrected chi connectivity index (χ0v) is 10.6. The molecule has 0 spiro atoms. The Morgan fingerprint density at radius 3 is 2.07 bits per heavy atom. The molecule has 1 saturated heterocycles. The third kappa shape index (κ3) is 1.84. The Kier molecular flexibility index (Phi) is 2.64. The van der Waals surface area contributed by atoms with Crippen LogP contribution in [-0.4, -0.2) is 20.8 Å². The molecule has 15 heavy (non-hydrogen) atoms. The number of rotatable bonds is 3. The fourth-order valence-electron chi connectivity index (χ4n) is 1.65. The van der Waals surface area contributed by atoms with E-state index < -0.39 is 0 Å². The number of hydrogen-bond acceptors (Lipinski definition) is 3. The summed E-state index contributed by atoms with van der Waals surface area (Å²) in [6, 6.07) is 3.84. The van der Waals surface area contributed by atoms with Crippen molar-refractivity contribution in [2.75, 3.05) is 20.8 Å². The molecule has 0 radical (unpaired) electrons. The summed E-state index contributed by atoms with van der Waals surface area (Å²) < 4.78 is 17.1. The molecular formula is C11H13BrO3. The average Bonchev–Trinajstić information content (AvgIpc) is 2.95. The number of epoxide rings is 1. The molecule has 1 atom stereocenters. The zero-order valence-electron chi connectivity index (χ0n) is 8.96. The number of ether oxygens (including phenoxy) is 3. The van der Waals surface area contributed by atoms with Gasteiger partial charge in [-0.3, -0.25) is 0 Å². The van der Waals surface area contributed by atoms with Crippen molar-refractivity contribution in [3.63, 3.8) is 0 Å². The van der Waals surface area contributed by atoms with Gasteiger partial charge < -0.3 is 14.2 Å². The van der Waals surface area contributed by atoms with Gasteiger partial charge in [-0.25, -0.2) is 0 Å². The minimum atomic E-state index is -0.253. The lowest BCUT2D eigenvalue weighted by atomic mass is 10.00. The highest BCUT2D eigenvalue weighted by molar-refractivity contribution is 9.10. The summed E-state index contributed by atoms with van der Waals surface area (Å²) in [5.41, 5.74) is 0.730. The lowest BCUT2D eigenvalue weighted by molar-refractivity contribution is 0.302. The second kappa shape index (κ2) is 3.68. The number of hydrogen-bond donors (Lipinski definition) is 0. The van der Waals surface area contributed by atoms with E-state index in [4.69, 9.17) is 14.2 Å². The molecule has 0 aromatic heterocycles. The molecule has 1 aromatic carbocycles. The highest BCUT2D eigenvalue weighted by Gasteiger charge is 2.45. The van der Waals surface area contributed by atoms with Crippen molar-refractivity contribution in [2.24, 2.45) is 0 Å². The van der Waals surface area contributed by atoms with Gasteiger partial charge in [-0.2, -0.15) is 0 Å². The van der Waals surface area contributed by atoms with Crippen LogP contribution in [0.3, 0.4) is 0 Å². The molecule has 0 aliphatic carbocycles. The number of halogens is 1. The Balaban J connectivity index is 2.57. The third-order valence-electron chi connectivity index (χ3n) is 2.58. The van der Waals surface area contributed by atoms with Gasteiger partial charge in [0.2, 0.25) is 0 Å². The Bertz CT molecular complexity index is 360. The Labute approximate surface area is 97.5 Å². The van der Waals surface area contributed by atoms with Gasteiger partial charge in [0.1, 0.15) is 17.1 Å². The van der Waals surface area contributed by atoms with Crippen LogP contribution in [0.15, 0.2) is 16.6 Å². The Hall–Kier alpha value is -0.740. The summed E-state index contributed by atoms with van der Waals surface area (Å²) in [6.45, 7) is 2.74. The monoisotopic (exact) mass is 272 g/mol. The average molecular weight is 273 g/mol. The van der Waals surface area contributed by atoms with Gasteiger partial charge in [-0.15, -0.1) is 0 Å². The molecule has 0 amide bonds. The van der Waals surface area contributed by atoms with E-state index in [0.717, 1.165) is 21.5 Å². The van der Waals surface area contributed by atoms with E-state index in [2.05, 4.69) is 15.9 Å². The molecular weight excluding hydrogens is 260 g/mol. The summed E-state index contributed by atoms with van der Waals surface area (Å²) >= 11 is 3.42. The predicted molar refractivity (Wildman–Crippen MR) is 60.6 cm³/mol. The first kappa shape index (κ1) is 10.8. The van der Waals surface area contributed by atoms with Crippen molar-refractivity contribution in [1.82, 2.24) is 0 Å². The van der Waals surface area contributed by atoms with Gasteiger partial charge >= 0.3 is 0 Å². The van der Waals surface area contributed by atoms with Crippen LogP contribution in [0.5, 0.6) is 11.5 Å². The molecule has 1 aliphatic heterocycles. The van der Waals surface area contributed by atoms with Gasteiger partial charge in [0.25, 0.3) is 0 Å². The number of methoxy groups -OCH3 is 2. The lowest BCUT2D eigenvalue weighted by Crippen LogP contribution is -2.07. The largest absolute Gasteiger partial charge is 0.496 e. The molecule has 1 aromatic rings. The fourth-order valence-corrected chi connectivity index (χ4v) is 2.07. The van der Waals surface area contributed by atoms with Crippen molar-refractivity contribution in [3.05, 3.63) is 22.2 Å². The van der Waals surface area contributed by atoms with Crippen molar-refractivity contribution < 1.29 is 14.2 Å². The Morgan fingerprint density at radius 2 is 1.73 bits per heavy atom. The first-order chi connectivity index (χ1) is 7.10. The Morgan fingerprint density at radius 1 is 1.27 bits per heavy atom. The van der Waals surface area contributed by atoms with Crippen molar-refractivity contribution in [2.45, 2.75) is 12.5 Å². The molecule has 1 aliphatic rings. The van der Waals surface area contributed by atoms with E-state index in [9.17, 15) is 0 Å². The van der Waals surface area contributed by atoms with Crippen molar-refractivity contribution >= 4 is 15.9 Å². The van der Waals surface area contributed by atoms with Gasteiger partial charge in [0.15, 0.2) is 0 Å². The predicted octanol–water partition coefficient (Wildman–Crippen LogP) is 2.71. The normalized spacial score (nSPS) is 23.7. The minimum Gasteiger partial charge on any atom is -0.496 e. The molecule has 82 valence electrons. The van der Waals surface area contributed by atoms with Crippen molar-refractivity contribution in [1.29, 1.82) is 0 Å². The highest BCUT2D eigenvalue weighted by atomic mass is 79.9. The van der Waals surface area contributed by atoms with Gasteiger partial charge in [0, 0.05) is 4.47 Å². The van der Waals surface area contributed by atoms with E-state index in [1.165, 1.54) is 0 Å². The molecule has 1 unspecified atom stereocenters. The molecule has 4 heteroatoms. The maximum absolute atomic E-state index is 5.43. The minimum absolute atomic E-state index is 0.253. The summed E-state index contributed by atoms with van der Waals surface area (Å²) in [5, 5.41) is 0.